The first-order chi connectivity index (χ1) is 6.99. The summed E-state index contributed by atoms with van der Waals surface area (Å²) in [5.41, 5.74) is 5.00. The predicted molar refractivity (Wildman–Crippen MR) is 55.7 cm³/mol. The second kappa shape index (κ2) is 4.69. The molecule has 0 bridgehead atoms. The highest BCUT2D eigenvalue weighted by Crippen LogP contribution is 2.25. The number of hydrogen-bond donors (Lipinski definition) is 2. The van der Waals surface area contributed by atoms with Crippen LogP contribution >= 0.6 is 11.3 Å². The van der Waals surface area contributed by atoms with Crippen LogP contribution in [0.3, 0.4) is 0 Å². The lowest BCUT2D eigenvalue weighted by Gasteiger charge is -2.09. The third-order valence-electron chi connectivity index (χ3n) is 1.55. The van der Waals surface area contributed by atoms with Gasteiger partial charge in [-0.1, -0.05) is 0 Å². The second-order valence-electron chi connectivity index (χ2n) is 2.98. The quantitative estimate of drug-likeness (QED) is 0.572. The molecule has 82 valence electrons. The van der Waals surface area contributed by atoms with E-state index in [-0.39, 0.29) is 17.5 Å². The summed E-state index contributed by atoms with van der Waals surface area (Å²) in [5, 5.41) is 13.6. The number of aromatic nitrogens is 1. The van der Waals surface area contributed by atoms with Crippen molar-refractivity contribution in [2.45, 2.75) is 19.4 Å². The number of carbonyl (C=O) groups excluding carboxylic acids is 1. The van der Waals surface area contributed by atoms with E-state index >= 15 is 0 Å². The molecule has 0 radical (unpaired) electrons. The van der Waals surface area contributed by atoms with Crippen molar-refractivity contribution in [3.05, 3.63) is 16.3 Å². The Labute approximate surface area is 89.5 Å². The largest absolute Gasteiger partial charge is 0.370 e. The number of amides is 1. The number of thiazole rings is 1. The van der Waals surface area contributed by atoms with Gasteiger partial charge in [0.05, 0.1) is 4.92 Å². The molecule has 0 saturated heterocycles. The minimum atomic E-state index is -0.512. The van der Waals surface area contributed by atoms with Crippen molar-refractivity contribution >= 4 is 27.4 Å². The van der Waals surface area contributed by atoms with E-state index < -0.39 is 10.8 Å². The van der Waals surface area contributed by atoms with Crippen LogP contribution in [-0.4, -0.2) is 21.9 Å². The zero-order chi connectivity index (χ0) is 11.4. The zero-order valence-electron chi connectivity index (χ0n) is 7.97. The fraction of sp³-hybridized carbons (Fsp3) is 0.429. The molecule has 0 spiro atoms. The van der Waals surface area contributed by atoms with Crippen LogP contribution in [0, 0.1) is 10.1 Å². The number of nitrogens with two attached hydrogens (primary N) is 1. The van der Waals surface area contributed by atoms with E-state index in [1.807, 2.05) is 0 Å². The third kappa shape index (κ3) is 3.50. The smallest absolute Gasteiger partial charge is 0.345 e. The fourth-order valence-electron chi connectivity index (χ4n) is 0.980. The van der Waals surface area contributed by atoms with Gasteiger partial charge in [-0.2, -0.15) is 0 Å². The van der Waals surface area contributed by atoms with Gasteiger partial charge in [0.2, 0.25) is 5.91 Å². The van der Waals surface area contributed by atoms with E-state index in [1.165, 1.54) is 6.20 Å². The highest BCUT2D eigenvalue weighted by molar-refractivity contribution is 7.18. The van der Waals surface area contributed by atoms with Crippen molar-refractivity contribution in [1.82, 2.24) is 4.98 Å². The lowest BCUT2D eigenvalue weighted by atomic mass is 10.2. The molecular formula is C7H10N4O3S. The van der Waals surface area contributed by atoms with Crippen LogP contribution in [0.4, 0.5) is 10.1 Å². The second-order valence-corrected chi connectivity index (χ2v) is 3.99. The maximum absolute atomic E-state index is 10.6. The first-order valence-corrected chi connectivity index (χ1v) is 4.95. The maximum atomic E-state index is 10.6. The normalized spacial score (nSPS) is 12.1. The highest BCUT2D eigenvalue weighted by atomic mass is 32.1. The summed E-state index contributed by atoms with van der Waals surface area (Å²) >= 11 is 0.923. The molecule has 1 rings (SSSR count). The van der Waals surface area contributed by atoms with Gasteiger partial charge in [-0.3, -0.25) is 14.9 Å². The fourth-order valence-corrected chi connectivity index (χ4v) is 1.72. The minimum Gasteiger partial charge on any atom is -0.370 e. The number of hydrogen-bond acceptors (Lipinski definition) is 6. The monoisotopic (exact) mass is 230 g/mol. The zero-order valence-corrected chi connectivity index (χ0v) is 8.78. The SMILES string of the molecule is CC(CC(N)=O)Nc1ncc([N+](=O)[O-])s1. The lowest BCUT2D eigenvalue weighted by Crippen LogP contribution is -2.23. The molecule has 0 aromatic carbocycles. The number of anilines is 1. The van der Waals surface area contributed by atoms with Crippen LogP contribution in [0.25, 0.3) is 0 Å². The van der Waals surface area contributed by atoms with Gasteiger partial charge in [-0.05, 0) is 18.3 Å². The molecule has 0 aliphatic carbocycles. The Morgan fingerprint density at radius 2 is 2.53 bits per heavy atom. The Morgan fingerprint density at radius 1 is 1.87 bits per heavy atom. The Bertz CT molecular complexity index is 378. The summed E-state index contributed by atoms with van der Waals surface area (Å²) < 4.78 is 0. The van der Waals surface area contributed by atoms with Crippen LogP contribution in [-0.2, 0) is 4.79 Å². The van der Waals surface area contributed by atoms with E-state index in [9.17, 15) is 14.9 Å². The van der Waals surface area contributed by atoms with Gasteiger partial charge in [0.15, 0.2) is 5.13 Å². The molecule has 1 unspecified atom stereocenters. The van der Waals surface area contributed by atoms with Gasteiger partial charge in [0.25, 0.3) is 0 Å². The number of rotatable bonds is 5. The summed E-state index contributed by atoms with van der Waals surface area (Å²) in [6.45, 7) is 1.75. The van der Waals surface area contributed by atoms with Gasteiger partial charge >= 0.3 is 5.00 Å². The van der Waals surface area contributed by atoms with Crippen LogP contribution in [0.2, 0.25) is 0 Å². The van der Waals surface area contributed by atoms with E-state index in [4.69, 9.17) is 5.73 Å². The minimum absolute atomic E-state index is 0.0382. The van der Waals surface area contributed by atoms with Crippen LogP contribution in [0.1, 0.15) is 13.3 Å². The maximum Gasteiger partial charge on any atom is 0.345 e. The molecule has 15 heavy (non-hydrogen) atoms. The van der Waals surface area contributed by atoms with Gasteiger partial charge in [-0.15, -0.1) is 0 Å². The summed E-state index contributed by atoms with van der Waals surface area (Å²) in [6.07, 6.45) is 1.33. The molecule has 1 aromatic rings. The van der Waals surface area contributed by atoms with Crippen LogP contribution in [0.5, 0.6) is 0 Å². The third-order valence-corrected chi connectivity index (χ3v) is 2.43. The van der Waals surface area contributed by atoms with Crippen LogP contribution < -0.4 is 11.1 Å². The van der Waals surface area contributed by atoms with E-state index in [0.29, 0.717) is 5.13 Å². The topological polar surface area (TPSA) is 111 Å². The molecule has 8 heteroatoms. The Balaban J connectivity index is 2.57. The molecule has 0 fully saturated rings. The van der Waals surface area contributed by atoms with E-state index in [0.717, 1.165) is 11.3 Å². The Hall–Kier alpha value is -1.70. The molecule has 0 saturated carbocycles. The molecule has 0 aliphatic rings. The molecule has 1 atom stereocenters. The summed E-state index contributed by atoms with van der Waals surface area (Å²) in [7, 11) is 0. The number of carbonyl (C=O) groups is 1. The van der Waals surface area contributed by atoms with Crippen molar-refractivity contribution in [1.29, 1.82) is 0 Å². The molecule has 1 amide bonds. The average molecular weight is 230 g/mol. The summed E-state index contributed by atoms with van der Waals surface area (Å²) in [6, 6.07) is -0.187. The van der Waals surface area contributed by atoms with Gasteiger partial charge in [0.1, 0.15) is 6.20 Å². The Kier molecular flexibility index (Phi) is 3.56. The van der Waals surface area contributed by atoms with Crippen LogP contribution in [0.15, 0.2) is 6.20 Å². The molecule has 7 nitrogen and oxygen atoms in total. The first kappa shape index (κ1) is 11.4. The molecule has 1 heterocycles. The number of nitrogens with zero attached hydrogens (tertiary/aromatic N) is 2. The predicted octanol–water partition coefficient (Wildman–Crippen LogP) is 0.727. The molecule has 0 aliphatic heterocycles. The lowest BCUT2D eigenvalue weighted by molar-refractivity contribution is -0.380. The van der Waals surface area contributed by atoms with Crippen molar-refractivity contribution in [3.8, 4) is 0 Å². The van der Waals surface area contributed by atoms with Gasteiger partial charge in [-0.25, -0.2) is 4.98 Å². The van der Waals surface area contributed by atoms with Gasteiger partial charge < -0.3 is 11.1 Å². The standard InChI is InChI=1S/C7H10N4O3S/c1-4(2-5(8)12)10-7-9-3-6(15-7)11(13)14/h3-4H,2H2,1H3,(H2,8,12)(H,9,10). The Morgan fingerprint density at radius 3 is 3.00 bits per heavy atom. The van der Waals surface area contributed by atoms with E-state index in [1.54, 1.807) is 6.92 Å². The van der Waals surface area contributed by atoms with Crippen molar-refractivity contribution in [2.75, 3.05) is 5.32 Å². The molecule has 1 aromatic heterocycles. The molecular weight excluding hydrogens is 220 g/mol. The average Bonchev–Trinajstić information content (AvgIpc) is 2.50. The van der Waals surface area contributed by atoms with Crippen molar-refractivity contribution < 1.29 is 9.72 Å². The van der Waals surface area contributed by atoms with Crippen molar-refractivity contribution in [2.24, 2.45) is 5.73 Å². The van der Waals surface area contributed by atoms with Gasteiger partial charge in [0, 0.05) is 12.5 Å². The van der Waals surface area contributed by atoms with Crippen molar-refractivity contribution in [3.63, 3.8) is 0 Å². The summed E-state index contributed by atoms with van der Waals surface area (Å²) in [5.74, 6) is -0.430. The summed E-state index contributed by atoms with van der Waals surface area (Å²) in [4.78, 5) is 24.2. The highest BCUT2D eigenvalue weighted by Gasteiger charge is 2.13. The molecule has 3 N–H and O–H groups in total. The van der Waals surface area contributed by atoms with E-state index in [2.05, 4.69) is 10.3 Å². The first-order valence-electron chi connectivity index (χ1n) is 4.14. The number of primary amides is 1. The number of nitrogens with one attached hydrogen (secondary N) is 1. The number of nitro groups is 1.